The van der Waals surface area contributed by atoms with Crippen molar-refractivity contribution >= 4 is 57.6 Å². The summed E-state index contributed by atoms with van der Waals surface area (Å²) in [6.07, 6.45) is 0.249. The molecule has 0 fully saturated rings. The quantitative estimate of drug-likeness (QED) is 0.630. The minimum atomic E-state index is -0.281. The van der Waals surface area contributed by atoms with Crippen molar-refractivity contribution in [3.8, 4) is 0 Å². The van der Waals surface area contributed by atoms with Gasteiger partial charge in [-0.3, -0.25) is 9.59 Å². The van der Waals surface area contributed by atoms with E-state index in [9.17, 15) is 9.59 Å². The molecular formula is C14H12Cl2N2O2S. The Morgan fingerprint density at radius 3 is 2.43 bits per heavy atom. The number of amides is 1. The molecule has 2 rings (SSSR count). The maximum atomic E-state index is 11.8. The van der Waals surface area contributed by atoms with Crippen LogP contribution in [0.3, 0.4) is 0 Å². The van der Waals surface area contributed by atoms with Gasteiger partial charge in [0.25, 0.3) is 0 Å². The summed E-state index contributed by atoms with van der Waals surface area (Å²) in [6, 6.07) is 6.57. The molecule has 0 aliphatic rings. The lowest BCUT2D eigenvalue weighted by atomic mass is 10.2. The van der Waals surface area contributed by atoms with E-state index in [4.69, 9.17) is 28.9 Å². The van der Waals surface area contributed by atoms with Gasteiger partial charge >= 0.3 is 0 Å². The molecule has 0 radical (unpaired) electrons. The average Bonchev–Trinajstić information content (AvgIpc) is 2.96. The first-order valence-electron chi connectivity index (χ1n) is 6.08. The lowest BCUT2D eigenvalue weighted by molar-refractivity contribution is -0.116. The molecule has 1 heterocycles. The molecule has 21 heavy (non-hydrogen) atoms. The van der Waals surface area contributed by atoms with E-state index in [-0.39, 0.29) is 40.3 Å². The molecule has 0 spiro atoms. The zero-order chi connectivity index (χ0) is 15.4. The Morgan fingerprint density at radius 2 is 1.86 bits per heavy atom. The summed E-state index contributed by atoms with van der Waals surface area (Å²) in [5.74, 6) is -0.328. The summed E-state index contributed by atoms with van der Waals surface area (Å²) in [5.41, 5.74) is 6.33. The van der Waals surface area contributed by atoms with Gasteiger partial charge in [-0.05, 0) is 23.6 Å². The zero-order valence-corrected chi connectivity index (χ0v) is 13.2. The SMILES string of the molecule is Nc1c(Cl)cc(NC(=O)CCC(=O)c2cccs2)cc1Cl. The van der Waals surface area contributed by atoms with Crippen LogP contribution in [-0.4, -0.2) is 11.7 Å². The number of carbonyl (C=O) groups is 2. The smallest absolute Gasteiger partial charge is 0.224 e. The topological polar surface area (TPSA) is 72.2 Å². The molecule has 0 saturated heterocycles. The number of ketones is 1. The third-order valence-corrected chi connectivity index (χ3v) is 4.27. The van der Waals surface area contributed by atoms with E-state index < -0.39 is 0 Å². The number of nitrogens with one attached hydrogen (secondary N) is 1. The number of thiophene rings is 1. The van der Waals surface area contributed by atoms with Crippen LogP contribution in [0.5, 0.6) is 0 Å². The molecule has 2 aromatic rings. The second kappa shape index (κ2) is 6.93. The fraction of sp³-hybridized carbons (Fsp3) is 0.143. The molecule has 0 atom stereocenters. The number of hydrogen-bond donors (Lipinski definition) is 2. The van der Waals surface area contributed by atoms with E-state index in [1.165, 1.54) is 23.5 Å². The van der Waals surface area contributed by atoms with Crippen LogP contribution in [0.2, 0.25) is 10.0 Å². The summed E-state index contributed by atoms with van der Waals surface area (Å²) in [4.78, 5) is 24.3. The monoisotopic (exact) mass is 342 g/mol. The van der Waals surface area contributed by atoms with Crippen molar-refractivity contribution in [3.05, 3.63) is 44.6 Å². The Hall–Kier alpha value is -1.56. The average molecular weight is 343 g/mol. The molecule has 4 nitrogen and oxygen atoms in total. The van der Waals surface area contributed by atoms with Gasteiger partial charge in [0.2, 0.25) is 5.91 Å². The number of Topliss-reactive ketones (excluding diaryl/α,β-unsaturated/α-hetero) is 1. The molecule has 0 unspecified atom stereocenters. The highest BCUT2D eigenvalue weighted by molar-refractivity contribution is 7.12. The van der Waals surface area contributed by atoms with Crippen molar-refractivity contribution < 1.29 is 9.59 Å². The highest BCUT2D eigenvalue weighted by Crippen LogP contribution is 2.31. The second-order valence-electron chi connectivity index (χ2n) is 4.30. The van der Waals surface area contributed by atoms with Gasteiger partial charge < -0.3 is 11.1 Å². The molecule has 0 aliphatic carbocycles. The molecular weight excluding hydrogens is 331 g/mol. The van der Waals surface area contributed by atoms with Crippen LogP contribution in [0.4, 0.5) is 11.4 Å². The van der Waals surface area contributed by atoms with Crippen molar-refractivity contribution in [1.29, 1.82) is 0 Å². The molecule has 1 amide bonds. The minimum absolute atomic E-state index is 0.0477. The Morgan fingerprint density at radius 1 is 1.19 bits per heavy atom. The first-order chi connectivity index (χ1) is 9.97. The van der Waals surface area contributed by atoms with Crippen LogP contribution >= 0.6 is 34.5 Å². The van der Waals surface area contributed by atoms with E-state index in [1.807, 2.05) is 5.38 Å². The molecule has 7 heteroatoms. The van der Waals surface area contributed by atoms with Crippen molar-refractivity contribution in [3.63, 3.8) is 0 Å². The summed E-state index contributed by atoms with van der Waals surface area (Å²) in [5, 5.41) is 5.01. The number of carbonyl (C=O) groups excluding carboxylic acids is 2. The van der Waals surface area contributed by atoms with Crippen LogP contribution in [0.15, 0.2) is 29.6 Å². The summed E-state index contributed by atoms with van der Waals surface area (Å²) in [6.45, 7) is 0. The minimum Gasteiger partial charge on any atom is -0.396 e. The molecule has 1 aromatic heterocycles. The number of hydrogen-bond acceptors (Lipinski definition) is 4. The maximum absolute atomic E-state index is 11.8. The number of benzene rings is 1. The first-order valence-corrected chi connectivity index (χ1v) is 7.72. The third-order valence-electron chi connectivity index (χ3n) is 2.74. The summed E-state index contributed by atoms with van der Waals surface area (Å²) >= 11 is 13.1. The van der Waals surface area contributed by atoms with E-state index in [0.717, 1.165) is 0 Å². The molecule has 110 valence electrons. The van der Waals surface area contributed by atoms with Crippen LogP contribution in [0.25, 0.3) is 0 Å². The van der Waals surface area contributed by atoms with Gasteiger partial charge in [0.1, 0.15) is 0 Å². The van der Waals surface area contributed by atoms with Crippen molar-refractivity contribution in [2.45, 2.75) is 12.8 Å². The lowest BCUT2D eigenvalue weighted by Gasteiger charge is -2.08. The van der Waals surface area contributed by atoms with Crippen molar-refractivity contribution in [2.24, 2.45) is 0 Å². The Balaban J connectivity index is 1.92. The van der Waals surface area contributed by atoms with Crippen LogP contribution in [0, 0.1) is 0 Å². The number of nitrogens with two attached hydrogens (primary N) is 1. The molecule has 3 N–H and O–H groups in total. The van der Waals surface area contributed by atoms with E-state index in [2.05, 4.69) is 5.32 Å². The van der Waals surface area contributed by atoms with Crippen LogP contribution in [-0.2, 0) is 4.79 Å². The predicted octanol–water partition coefficient (Wildman–Crippen LogP) is 4.24. The normalized spacial score (nSPS) is 10.4. The highest BCUT2D eigenvalue weighted by atomic mass is 35.5. The largest absolute Gasteiger partial charge is 0.396 e. The van der Waals surface area contributed by atoms with E-state index in [1.54, 1.807) is 12.1 Å². The third kappa shape index (κ3) is 4.20. The Bertz CT molecular complexity index is 649. The van der Waals surface area contributed by atoms with E-state index in [0.29, 0.717) is 10.6 Å². The van der Waals surface area contributed by atoms with Gasteiger partial charge in [0.05, 0.1) is 20.6 Å². The number of rotatable bonds is 5. The number of nitrogen functional groups attached to an aromatic ring is 1. The van der Waals surface area contributed by atoms with E-state index >= 15 is 0 Å². The highest BCUT2D eigenvalue weighted by Gasteiger charge is 2.11. The fourth-order valence-electron chi connectivity index (χ4n) is 1.67. The summed E-state index contributed by atoms with van der Waals surface area (Å²) in [7, 11) is 0. The lowest BCUT2D eigenvalue weighted by Crippen LogP contribution is -2.13. The van der Waals surface area contributed by atoms with Gasteiger partial charge in [0.15, 0.2) is 5.78 Å². The van der Waals surface area contributed by atoms with Crippen molar-refractivity contribution in [1.82, 2.24) is 0 Å². The van der Waals surface area contributed by atoms with Gasteiger partial charge in [0, 0.05) is 18.5 Å². The van der Waals surface area contributed by atoms with Gasteiger partial charge in [-0.2, -0.15) is 0 Å². The van der Waals surface area contributed by atoms with Crippen LogP contribution < -0.4 is 11.1 Å². The van der Waals surface area contributed by atoms with Crippen LogP contribution in [0.1, 0.15) is 22.5 Å². The van der Waals surface area contributed by atoms with Gasteiger partial charge in [-0.15, -0.1) is 11.3 Å². The Kier molecular flexibility index (Phi) is 5.22. The standard InChI is InChI=1S/C14H12Cl2N2O2S/c15-9-6-8(7-10(16)14(9)17)18-13(20)4-3-11(19)12-2-1-5-21-12/h1-2,5-7H,3-4,17H2,(H,18,20). The Labute approximate surface area is 135 Å². The first kappa shape index (κ1) is 15.8. The molecule has 0 aliphatic heterocycles. The molecule has 0 bridgehead atoms. The fourth-order valence-corrected chi connectivity index (χ4v) is 2.85. The predicted molar refractivity (Wildman–Crippen MR) is 87.4 cm³/mol. The van der Waals surface area contributed by atoms with Gasteiger partial charge in [-0.1, -0.05) is 29.3 Å². The summed E-state index contributed by atoms with van der Waals surface area (Å²) < 4.78 is 0. The van der Waals surface area contributed by atoms with Crippen molar-refractivity contribution in [2.75, 3.05) is 11.1 Å². The van der Waals surface area contributed by atoms with Gasteiger partial charge in [-0.25, -0.2) is 0 Å². The zero-order valence-electron chi connectivity index (χ0n) is 10.9. The number of anilines is 2. The second-order valence-corrected chi connectivity index (χ2v) is 6.06. The number of halogens is 2. The maximum Gasteiger partial charge on any atom is 0.224 e. The molecule has 0 saturated carbocycles. The molecule has 1 aromatic carbocycles.